The molecule has 1 aliphatic heterocycles. The molecule has 6 nitrogen and oxygen atoms in total. The Morgan fingerprint density at radius 1 is 1.09 bits per heavy atom. The summed E-state index contributed by atoms with van der Waals surface area (Å²) in [5.74, 6) is 0.519. The lowest BCUT2D eigenvalue weighted by Gasteiger charge is -2.38. The summed E-state index contributed by atoms with van der Waals surface area (Å²) in [4.78, 5) is 4.41. The molecule has 33 heavy (non-hydrogen) atoms. The monoisotopic (exact) mass is 563 g/mol. The van der Waals surface area contributed by atoms with E-state index in [9.17, 15) is 4.39 Å². The number of ether oxygens (including phenoxy) is 1. The third-order valence-electron chi connectivity index (χ3n) is 6.16. The smallest absolute Gasteiger partial charge is 0.191 e. The SMILES string of the molecule is CN=C(NCc1ccccc1Cn1cccn1)NCC1(c2cccc(F)c2)CCOCC1.I. The lowest BCUT2D eigenvalue weighted by Crippen LogP contribution is -2.48. The quantitative estimate of drug-likeness (QED) is 0.258. The molecule has 0 amide bonds. The van der Waals surface area contributed by atoms with Crippen LogP contribution in [0.25, 0.3) is 0 Å². The standard InChI is InChI=1S/C25H30FN5O.HI/c1-27-24(28-17-20-6-2-3-7-21(20)18-31-13-5-12-30-31)29-19-25(10-14-32-15-11-25)22-8-4-9-23(26)16-22;/h2-9,12-13,16H,10-11,14-15,17-19H2,1H3,(H2,27,28,29);1H. The van der Waals surface area contributed by atoms with Gasteiger partial charge in [-0.25, -0.2) is 4.39 Å². The van der Waals surface area contributed by atoms with Gasteiger partial charge in [0.2, 0.25) is 0 Å². The van der Waals surface area contributed by atoms with Gasteiger partial charge in [0.05, 0.1) is 6.54 Å². The molecule has 176 valence electrons. The Balaban J connectivity index is 0.00000306. The average Bonchev–Trinajstić information content (AvgIpc) is 3.34. The van der Waals surface area contributed by atoms with Crippen LogP contribution in [0.15, 0.2) is 72.0 Å². The Morgan fingerprint density at radius 3 is 2.58 bits per heavy atom. The van der Waals surface area contributed by atoms with E-state index in [0.717, 1.165) is 30.9 Å². The lowest BCUT2D eigenvalue weighted by molar-refractivity contribution is 0.0513. The molecule has 1 fully saturated rings. The summed E-state index contributed by atoms with van der Waals surface area (Å²) in [6.45, 7) is 3.37. The minimum atomic E-state index is -0.204. The summed E-state index contributed by atoms with van der Waals surface area (Å²) in [7, 11) is 1.77. The normalized spacial score (nSPS) is 15.5. The molecule has 0 spiro atoms. The molecule has 0 saturated carbocycles. The van der Waals surface area contributed by atoms with Gasteiger partial charge in [0, 0.05) is 51.2 Å². The van der Waals surface area contributed by atoms with Gasteiger partial charge in [0.1, 0.15) is 5.82 Å². The molecule has 2 aromatic carbocycles. The van der Waals surface area contributed by atoms with Gasteiger partial charge in [-0.15, -0.1) is 24.0 Å². The zero-order chi connectivity index (χ0) is 22.2. The summed E-state index contributed by atoms with van der Waals surface area (Å²) in [5.41, 5.74) is 3.22. The number of hydrogen-bond acceptors (Lipinski definition) is 3. The molecule has 0 bridgehead atoms. The van der Waals surface area contributed by atoms with Crippen LogP contribution in [0, 0.1) is 5.82 Å². The van der Waals surface area contributed by atoms with Crippen molar-refractivity contribution in [2.45, 2.75) is 31.3 Å². The molecule has 1 aliphatic rings. The third kappa shape index (κ3) is 6.54. The van der Waals surface area contributed by atoms with Crippen molar-refractivity contribution in [2.24, 2.45) is 4.99 Å². The van der Waals surface area contributed by atoms with Crippen LogP contribution in [-0.4, -0.2) is 42.5 Å². The molecule has 2 N–H and O–H groups in total. The first-order valence-electron chi connectivity index (χ1n) is 11.0. The van der Waals surface area contributed by atoms with Gasteiger partial charge in [0.25, 0.3) is 0 Å². The van der Waals surface area contributed by atoms with E-state index in [1.165, 1.54) is 17.2 Å². The zero-order valence-electron chi connectivity index (χ0n) is 18.8. The van der Waals surface area contributed by atoms with E-state index in [0.29, 0.717) is 26.3 Å². The largest absolute Gasteiger partial charge is 0.381 e. The van der Waals surface area contributed by atoms with E-state index in [-0.39, 0.29) is 35.2 Å². The van der Waals surface area contributed by atoms with Crippen molar-refractivity contribution in [2.75, 3.05) is 26.8 Å². The molecule has 0 radical (unpaired) electrons. The van der Waals surface area contributed by atoms with Gasteiger partial charge in [0.15, 0.2) is 5.96 Å². The summed E-state index contributed by atoms with van der Waals surface area (Å²) in [5, 5.41) is 11.2. The Labute approximate surface area is 211 Å². The van der Waals surface area contributed by atoms with Crippen LogP contribution in [-0.2, 0) is 23.2 Å². The molecular formula is C25H31FIN5O. The molecule has 0 unspecified atom stereocenters. The highest BCUT2D eigenvalue weighted by Gasteiger charge is 2.35. The van der Waals surface area contributed by atoms with Crippen molar-refractivity contribution >= 4 is 29.9 Å². The number of aromatic nitrogens is 2. The number of hydrogen-bond donors (Lipinski definition) is 2. The van der Waals surface area contributed by atoms with Gasteiger partial charge in [-0.3, -0.25) is 9.67 Å². The lowest BCUT2D eigenvalue weighted by atomic mass is 9.74. The number of rotatable bonds is 7. The minimum Gasteiger partial charge on any atom is -0.381 e. The maximum Gasteiger partial charge on any atom is 0.191 e. The number of halogens is 2. The summed E-state index contributed by atoms with van der Waals surface area (Å²) in [6.07, 6.45) is 5.43. The molecule has 1 aromatic heterocycles. The van der Waals surface area contributed by atoms with Crippen molar-refractivity contribution < 1.29 is 9.13 Å². The molecule has 3 aromatic rings. The van der Waals surface area contributed by atoms with Crippen LogP contribution in [0.5, 0.6) is 0 Å². The fourth-order valence-corrected chi connectivity index (χ4v) is 4.25. The van der Waals surface area contributed by atoms with Crippen LogP contribution in [0.2, 0.25) is 0 Å². The Bertz CT molecular complexity index is 1030. The Hall–Kier alpha value is -2.46. The van der Waals surface area contributed by atoms with Crippen LogP contribution < -0.4 is 10.6 Å². The van der Waals surface area contributed by atoms with Crippen LogP contribution >= 0.6 is 24.0 Å². The number of guanidine groups is 1. The summed E-state index contributed by atoms with van der Waals surface area (Å²) >= 11 is 0. The second-order valence-electron chi connectivity index (χ2n) is 8.15. The van der Waals surface area contributed by atoms with Crippen molar-refractivity contribution in [1.82, 2.24) is 20.4 Å². The van der Waals surface area contributed by atoms with Gasteiger partial charge < -0.3 is 15.4 Å². The van der Waals surface area contributed by atoms with E-state index >= 15 is 0 Å². The van der Waals surface area contributed by atoms with Crippen molar-refractivity contribution in [3.8, 4) is 0 Å². The minimum absolute atomic E-state index is 0. The van der Waals surface area contributed by atoms with Gasteiger partial charge in [-0.1, -0.05) is 36.4 Å². The second-order valence-corrected chi connectivity index (χ2v) is 8.15. The van der Waals surface area contributed by atoms with E-state index in [1.54, 1.807) is 25.4 Å². The summed E-state index contributed by atoms with van der Waals surface area (Å²) in [6, 6.07) is 17.2. The molecule has 0 atom stereocenters. The first-order valence-corrected chi connectivity index (χ1v) is 11.0. The predicted octanol–water partition coefficient (Wildman–Crippen LogP) is 4.10. The maximum atomic E-state index is 13.9. The van der Waals surface area contributed by atoms with Gasteiger partial charge in [-0.2, -0.15) is 5.10 Å². The molecule has 8 heteroatoms. The van der Waals surface area contributed by atoms with E-state index in [1.807, 2.05) is 35.1 Å². The topological polar surface area (TPSA) is 63.5 Å². The van der Waals surface area contributed by atoms with Crippen molar-refractivity contribution in [3.63, 3.8) is 0 Å². The van der Waals surface area contributed by atoms with Gasteiger partial charge in [-0.05, 0) is 47.7 Å². The predicted molar refractivity (Wildman–Crippen MR) is 140 cm³/mol. The number of nitrogens with one attached hydrogen (secondary N) is 2. The highest BCUT2D eigenvalue weighted by molar-refractivity contribution is 14.0. The van der Waals surface area contributed by atoms with Crippen molar-refractivity contribution in [1.29, 1.82) is 0 Å². The fraction of sp³-hybridized carbons (Fsp3) is 0.360. The Kier molecular flexibility index (Phi) is 9.25. The van der Waals surface area contributed by atoms with Gasteiger partial charge >= 0.3 is 0 Å². The highest BCUT2D eigenvalue weighted by Crippen LogP contribution is 2.34. The van der Waals surface area contributed by atoms with E-state index in [2.05, 4.69) is 32.9 Å². The summed E-state index contributed by atoms with van der Waals surface area (Å²) < 4.78 is 21.5. The van der Waals surface area contributed by atoms with E-state index in [4.69, 9.17) is 4.74 Å². The van der Waals surface area contributed by atoms with Crippen LogP contribution in [0.4, 0.5) is 4.39 Å². The Morgan fingerprint density at radius 2 is 1.88 bits per heavy atom. The molecule has 0 aliphatic carbocycles. The second kappa shape index (κ2) is 12.1. The number of aliphatic imine (C=N–C) groups is 1. The molecule has 2 heterocycles. The first kappa shape index (κ1) is 25.2. The maximum absolute atomic E-state index is 13.9. The molecule has 1 saturated heterocycles. The fourth-order valence-electron chi connectivity index (χ4n) is 4.25. The number of benzene rings is 2. The highest BCUT2D eigenvalue weighted by atomic mass is 127. The molecule has 4 rings (SSSR count). The first-order chi connectivity index (χ1) is 15.7. The van der Waals surface area contributed by atoms with Crippen LogP contribution in [0.3, 0.4) is 0 Å². The molecular weight excluding hydrogens is 532 g/mol. The van der Waals surface area contributed by atoms with Crippen molar-refractivity contribution in [3.05, 3.63) is 89.5 Å². The average molecular weight is 563 g/mol. The zero-order valence-corrected chi connectivity index (χ0v) is 21.2. The van der Waals surface area contributed by atoms with Crippen LogP contribution in [0.1, 0.15) is 29.5 Å². The van der Waals surface area contributed by atoms with E-state index < -0.39 is 0 Å². The third-order valence-corrected chi connectivity index (χ3v) is 6.16. The number of nitrogens with zero attached hydrogens (tertiary/aromatic N) is 3.